The van der Waals surface area contributed by atoms with Crippen molar-refractivity contribution in [2.75, 3.05) is 18.5 Å². The van der Waals surface area contributed by atoms with Crippen LogP contribution in [0.25, 0.3) is 0 Å². The van der Waals surface area contributed by atoms with Crippen LogP contribution in [0.4, 0.5) is 5.69 Å². The van der Waals surface area contributed by atoms with E-state index in [4.69, 9.17) is 9.47 Å². The Labute approximate surface area is 174 Å². The molecule has 0 bridgehead atoms. The molecule has 1 amide bonds. The number of ketones is 1. The largest absolute Gasteiger partial charge is 0.491 e. The Morgan fingerprint density at radius 3 is 2.50 bits per heavy atom. The molecule has 2 aromatic carbocycles. The summed E-state index contributed by atoms with van der Waals surface area (Å²) in [4.78, 5) is 29.0. The molecule has 154 valence electrons. The van der Waals surface area contributed by atoms with Crippen LogP contribution in [0.2, 0.25) is 0 Å². The standard InChI is InChI=1S/C23H23N3O4/c1-26-13-12-24-22(26)21(27)16-4-8-18(9-5-16)25-23(28)17-6-10-19(11-7-17)30-15-20-3-2-14-29-20/h4-13,20H,2-3,14-15H2,1H3,(H,25,28). The van der Waals surface area contributed by atoms with Gasteiger partial charge in [0, 0.05) is 42.9 Å². The average molecular weight is 405 g/mol. The minimum atomic E-state index is -0.233. The van der Waals surface area contributed by atoms with Crippen molar-refractivity contribution in [3.05, 3.63) is 77.9 Å². The molecular formula is C23H23N3O4. The second-order valence-electron chi connectivity index (χ2n) is 7.19. The Kier molecular flexibility index (Phi) is 5.90. The van der Waals surface area contributed by atoms with E-state index < -0.39 is 0 Å². The highest BCUT2D eigenvalue weighted by Gasteiger charge is 2.16. The predicted octanol–water partition coefficient (Wildman–Crippen LogP) is 3.46. The normalized spacial score (nSPS) is 15.7. The van der Waals surface area contributed by atoms with Gasteiger partial charge in [0.15, 0.2) is 5.82 Å². The van der Waals surface area contributed by atoms with Gasteiger partial charge in [0.1, 0.15) is 12.4 Å². The second kappa shape index (κ2) is 8.92. The number of hydrogen-bond donors (Lipinski definition) is 1. The Hall–Kier alpha value is -3.45. The maximum Gasteiger partial charge on any atom is 0.255 e. The summed E-state index contributed by atoms with van der Waals surface area (Å²) in [6, 6.07) is 13.7. The third-order valence-corrected chi connectivity index (χ3v) is 5.01. The molecule has 7 heteroatoms. The van der Waals surface area contributed by atoms with E-state index in [9.17, 15) is 9.59 Å². The van der Waals surface area contributed by atoms with E-state index in [0.29, 0.717) is 35.0 Å². The van der Waals surface area contributed by atoms with Crippen molar-refractivity contribution in [3.63, 3.8) is 0 Å². The molecule has 1 unspecified atom stereocenters. The van der Waals surface area contributed by atoms with Crippen molar-refractivity contribution in [1.29, 1.82) is 0 Å². The number of hydrogen-bond acceptors (Lipinski definition) is 5. The minimum Gasteiger partial charge on any atom is -0.491 e. The molecule has 0 spiro atoms. The molecule has 0 radical (unpaired) electrons. The van der Waals surface area contributed by atoms with Crippen molar-refractivity contribution < 1.29 is 19.1 Å². The van der Waals surface area contributed by atoms with Crippen LogP contribution in [-0.2, 0) is 11.8 Å². The lowest BCUT2D eigenvalue weighted by molar-refractivity contribution is 0.0679. The first-order valence-corrected chi connectivity index (χ1v) is 9.88. The van der Waals surface area contributed by atoms with Gasteiger partial charge in [-0.25, -0.2) is 4.98 Å². The van der Waals surface area contributed by atoms with Gasteiger partial charge in [0.2, 0.25) is 5.78 Å². The van der Waals surface area contributed by atoms with Gasteiger partial charge in [-0.05, 0) is 61.4 Å². The Balaban J connectivity index is 1.34. The first kappa shape index (κ1) is 19.8. The number of imidazole rings is 1. The van der Waals surface area contributed by atoms with Crippen LogP contribution >= 0.6 is 0 Å². The molecule has 1 aliphatic rings. The minimum absolute atomic E-state index is 0.153. The highest BCUT2D eigenvalue weighted by Crippen LogP contribution is 2.18. The first-order chi connectivity index (χ1) is 14.6. The van der Waals surface area contributed by atoms with E-state index in [2.05, 4.69) is 10.3 Å². The first-order valence-electron chi connectivity index (χ1n) is 9.88. The molecule has 1 fully saturated rings. The molecule has 7 nitrogen and oxygen atoms in total. The number of carbonyl (C=O) groups is 2. The van der Waals surface area contributed by atoms with Gasteiger partial charge in [-0.3, -0.25) is 9.59 Å². The smallest absolute Gasteiger partial charge is 0.255 e. The molecule has 1 aromatic heterocycles. The number of rotatable bonds is 7. The molecule has 1 atom stereocenters. The van der Waals surface area contributed by atoms with Gasteiger partial charge in [-0.15, -0.1) is 0 Å². The summed E-state index contributed by atoms with van der Waals surface area (Å²) in [6.45, 7) is 1.32. The van der Waals surface area contributed by atoms with Gasteiger partial charge in [-0.2, -0.15) is 0 Å². The summed E-state index contributed by atoms with van der Waals surface area (Å²) in [5.74, 6) is 0.676. The van der Waals surface area contributed by atoms with Crippen molar-refractivity contribution >= 4 is 17.4 Å². The number of nitrogens with one attached hydrogen (secondary N) is 1. The lowest BCUT2D eigenvalue weighted by atomic mass is 10.1. The van der Waals surface area contributed by atoms with Gasteiger partial charge < -0.3 is 19.4 Å². The van der Waals surface area contributed by atoms with Crippen LogP contribution in [-0.4, -0.2) is 40.6 Å². The van der Waals surface area contributed by atoms with Crippen molar-refractivity contribution in [2.45, 2.75) is 18.9 Å². The lowest BCUT2D eigenvalue weighted by Gasteiger charge is -2.12. The summed E-state index contributed by atoms with van der Waals surface area (Å²) in [6.07, 6.45) is 5.55. The van der Waals surface area contributed by atoms with E-state index >= 15 is 0 Å². The van der Waals surface area contributed by atoms with Crippen LogP contribution in [0.15, 0.2) is 60.9 Å². The summed E-state index contributed by atoms with van der Waals surface area (Å²) >= 11 is 0. The van der Waals surface area contributed by atoms with Gasteiger partial charge in [0.05, 0.1) is 6.10 Å². The maximum absolute atomic E-state index is 12.5. The number of aryl methyl sites for hydroxylation is 1. The Morgan fingerprint density at radius 2 is 1.87 bits per heavy atom. The Morgan fingerprint density at radius 1 is 1.13 bits per heavy atom. The van der Waals surface area contributed by atoms with Crippen LogP contribution in [0, 0.1) is 0 Å². The number of carbonyl (C=O) groups excluding carboxylic acids is 2. The fraction of sp³-hybridized carbons (Fsp3) is 0.261. The summed E-state index contributed by atoms with van der Waals surface area (Å²) in [5.41, 5.74) is 1.64. The number of aromatic nitrogens is 2. The van der Waals surface area contributed by atoms with Crippen LogP contribution in [0.5, 0.6) is 5.75 Å². The van der Waals surface area contributed by atoms with Crippen molar-refractivity contribution in [3.8, 4) is 5.75 Å². The highest BCUT2D eigenvalue weighted by molar-refractivity contribution is 6.07. The third-order valence-electron chi connectivity index (χ3n) is 5.01. The number of nitrogens with zero attached hydrogens (tertiary/aromatic N) is 2. The second-order valence-corrected chi connectivity index (χ2v) is 7.19. The summed E-state index contributed by atoms with van der Waals surface area (Å²) < 4.78 is 12.9. The number of anilines is 1. The van der Waals surface area contributed by atoms with Crippen molar-refractivity contribution in [1.82, 2.24) is 9.55 Å². The quantitative estimate of drug-likeness (QED) is 0.609. The average Bonchev–Trinajstić information content (AvgIpc) is 3.44. The zero-order valence-electron chi connectivity index (χ0n) is 16.7. The fourth-order valence-corrected chi connectivity index (χ4v) is 3.29. The Bertz CT molecular complexity index is 1020. The zero-order valence-corrected chi connectivity index (χ0v) is 16.7. The van der Waals surface area contributed by atoms with E-state index in [0.717, 1.165) is 19.4 Å². The summed E-state index contributed by atoms with van der Waals surface area (Å²) in [7, 11) is 1.77. The lowest BCUT2D eigenvalue weighted by Crippen LogP contribution is -2.16. The molecule has 2 heterocycles. The number of benzene rings is 2. The highest BCUT2D eigenvalue weighted by atomic mass is 16.5. The monoisotopic (exact) mass is 405 g/mol. The molecule has 1 saturated heterocycles. The van der Waals surface area contributed by atoms with Crippen LogP contribution in [0.1, 0.15) is 39.4 Å². The SMILES string of the molecule is Cn1ccnc1C(=O)c1ccc(NC(=O)c2ccc(OCC3CCCO3)cc2)cc1. The van der Waals surface area contributed by atoms with Crippen molar-refractivity contribution in [2.24, 2.45) is 7.05 Å². The zero-order chi connectivity index (χ0) is 20.9. The molecule has 1 aliphatic heterocycles. The van der Waals surface area contributed by atoms with Gasteiger partial charge >= 0.3 is 0 Å². The molecular weight excluding hydrogens is 382 g/mol. The van der Waals surface area contributed by atoms with Gasteiger partial charge in [-0.1, -0.05) is 0 Å². The molecule has 0 saturated carbocycles. The van der Waals surface area contributed by atoms with Crippen LogP contribution in [0.3, 0.4) is 0 Å². The molecule has 30 heavy (non-hydrogen) atoms. The number of ether oxygens (including phenoxy) is 2. The van der Waals surface area contributed by atoms with Crippen LogP contribution < -0.4 is 10.1 Å². The maximum atomic E-state index is 12.5. The fourth-order valence-electron chi connectivity index (χ4n) is 3.29. The molecule has 4 rings (SSSR count). The molecule has 3 aromatic rings. The van der Waals surface area contributed by atoms with E-state index in [1.807, 2.05) is 0 Å². The van der Waals surface area contributed by atoms with E-state index in [1.165, 1.54) is 0 Å². The topological polar surface area (TPSA) is 82.5 Å². The predicted molar refractivity (Wildman–Crippen MR) is 112 cm³/mol. The number of amides is 1. The third kappa shape index (κ3) is 4.58. The summed E-state index contributed by atoms with van der Waals surface area (Å²) in [5, 5.41) is 2.83. The molecule has 0 aliphatic carbocycles. The van der Waals surface area contributed by atoms with E-state index in [1.54, 1.807) is 72.5 Å². The molecule has 1 N–H and O–H groups in total. The van der Waals surface area contributed by atoms with Gasteiger partial charge in [0.25, 0.3) is 5.91 Å². The van der Waals surface area contributed by atoms with E-state index in [-0.39, 0.29) is 17.8 Å².